The van der Waals surface area contributed by atoms with E-state index < -0.39 is 0 Å². The SMILES string of the molecule is Cc1cc(C)n2nc(/C=C/c3ncc(-c4ccccc4)[nH]3)nc2n1. The van der Waals surface area contributed by atoms with Gasteiger partial charge in [0.25, 0.3) is 5.78 Å². The molecule has 0 bridgehead atoms. The largest absolute Gasteiger partial charge is 0.338 e. The summed E-state index contributed by atoms with van der Waals surface area (Å²) in [6.45, 7) is 3.94. The molecule has 0 aliphatic rings. The minimum Gasteiger partial charge on any atom is -0.338 e. The van der Waals surface area contributed by atoms with Crippen LogP contribution in [-0.4, -0.2) is 29.5 Å². The monoisotopic (exact) mass is 316 g/mol. The Bertz CT molecular complexity index is 1030. The number of hydrogen-bond acceptors (Lipinski definition) is 4. The minimum absolute atomic E-state index is 0.605. The smallest absolute Gasteiger partial charge is 0.253 e. The molecule has 4 aromatic rings. The van der Waals surface area contributed by atoms with Crippen LogP contribution in [-0.2, 0) is 0 Å². The number of imidazole rings is 1. The zero-order valence-corrected chi connectivity index (χ0v) is 13.4. The molecule has 118 valence electrons. The van der Waals surface area contributed by atoms with Gasteiger partial charge in [0.2, 0.25) is 0 Å². The zero-order valence-electron chi connectivity index (χ0n) is 13.4. The summed E-state index contributed by atoms with van der Waals surface area (Å²) in [5.41, 5.74) is 4.02. The number of nitrogens with one attached hydrogen (secondary N) is 1. The Kier molecular flexibility index (Phi) is 3.42. The van der Waals surface area contributed by atoms with Gasteiger partial charge in [0.1, 0.15) is 5.82 Å². The van der Waals surface area contributed by atoms with Crippen LogP contribution >= 0.6 is 0 Å². The highest BCUT2D eigenvalue weighted by Crippen LogP contribution is 2.16. The topological polar surface area (TPSA) is 71.8 Å². The Morgan fingerprint density at radius 3 is 2.71 bits per heavy atom. The predicted octanol–water partition coefficient (Wildman–Crippen LogP) is 3.30. The van der Waals surface area contributed by atoms with Crippen molar-refractivity contribution in [3.05, 3.63) is 65.6 Å². The third kappa shape index (κ3) is 2.69. The van der Waals surface area contributed by atoms with Gasteiger partial charge in [-0.3, -0.25) is 0 Å². The van der Waals surface area contributed by atoms with Gasteiger partial charge in [-0.1, -0.05) is 30.3 Å². The van der Waals surface area contributed by atoms with Gasteiger partial charge in [-0.2, -0.15) is 4.98 Å². The minimum atomic E-state index is 0.605. The molecule has 24 heavy (non-hydrogen) atoms. The molecule has 0 saturated heterocycles. The molecule has 0 aliphatic heterocycles. The van der Waals surface area contributed by atoms with Crippen molar-refractivity contribution in [1.82, 2.24) is 29.5 Å². The van der Waals surface area contributed by atoms with Gasteiger partial charge in [-0.15, -0.1) is 5.10 Å². The van der Waals surface area contributed by atoms with E-state index in [2.05, 4.69) is 25.0 Å². The van der Waals surface area contributed by atoms with Crippen LogP contribution in [0.25, 0.3) is 29.2 Å². The summed E-state index contributed by atoms with van der Waals surface area (Å²) in [5, 5.41) is 4.45. The van der Waals surface area contributed by atoms with E-state index in [0.717, 1.165) is 28.5 Å². The number of H-pyrrole nitrogens is 1. The molecule has 6 nitrogen and oxygen atoms in total. The lowest BCUT2D eigenvalue weighted by Crippen LogP contribution is -1.97. The lowest BCUT2D eigenvalue weighted by Gasteiger charge is -1.97. The number of aryl methyl sites for hydroxylation is 2. The number of fused-ring (bicyclic) bond motifs is 1. The van der Waals surface area contributed by atoms with Crippen molar-refractivity contribution in [1.29, 1.82) is 0 Å². The summed E-state index contributed by atoms with van der Waals surface area (Å²) < 4.78 is 1.74. The Morgan fingerprint density at radius 2 is 1.88 bits per heavy atom. The van der Waals surface area contributed by atoms with E-state index in [0.29, 0.717) is 11.6 Å². The summed E-state index contributed by atoms with van der Waals surface area (Å²) in [7, 11) is 0. The standard InChI is InChI=1S/C18H16N6/c1-12-10-13(2)24-18(20-12)22-17(23-24)9-8-16-19-11-15(21-16)14-6-4-3-5-7-14/h3-11H,1-2H3,(H,19,21)/b9-8+. The molecule has 3 heterocycles. The quantitative estimate of drug-likeness (QED) is 0.629. The van der Waals surface area contributed by atoms with Crippen LogP contribution in [0.15, 0.2) is 42.6 Å². The fraction of sp³-hybridized carbons (Fsp3) is 0.111. The first-order chi connectivity index (χ1) is 11.7. The lowest BCUT2D eigenvalue weighted by atomic mass is 10.2. The summed E-state index contributed by atoms with van der Waals surface area (Å²) in [4.78, 5) is 16.5. The van der Waals surface area contributed by atoms with Crippen LogP contribution in [0.5, 0.6) is 0 Å². The number of benzene rings is 1. The first-order valence-corrected chi connectivity index (χ1v) is 7.68. The Morgan fingerprint density at radius 1 is 1.04 bits per heavy atom. The molecule has 0 saturated carbocycles. The molecule has 0 amide bonds. The van der Waals surface area contributed by atoms with Gasteiger partial charge in [0, 0.05) is 11.4 Å². The van der Waals surface area contributed by atoms with Crippen LogP contribution in [0, 0.1) is 13.8 Å². The van der Waals surface area contributed by atoms with E-state index in [1.807, 2.05) is 68.6 Å². The molecule has 4 rings (SSSR count). The van der Waals surface area contributed by atoms with Crippen molar-refractivity contribution in [3.63, 3.8) is 0 Å². The van der Waals surface area contributed by atoms with E-state index in [4.69, 9.17) is 0 Å². The molecule has 1 aromatic carbocycles. The average molecular weight is 316 g/mol. The van der Waals surface area contributed by atoms with Crippen LogP contribution in [0.2, 0.25) is 0 Å². The van der Waals surface area contributed by atoms with E-state index in [9.17, 15) is 0 Å². The van der Waals surface area contributed by atoms with Crippen LogP contribution in [0.3, 0.4) is 0 Å². The van der Waals surface area contributed by atoms with Gasteiger partial charge in [0.15, 0.2) is 5.82 Å². The fourth-order valence-corrected chi connectivity index (χ4v) is 2.59. The molecule has 0 unspecified atom stereocenters. The molecular formula is C18H16N6. The van der Waals surface area contributed by atoms with Crippen molar-refractivity contribution < 1.29 is 0 Å². The van der Waals surface area contributed by atoms with Gasteiger partial charge < -0.3 is 4.98 Å². The Hall–Kier alpha value is -3.28. The number of aromatic nitrogens is 6. The highest BCUT2D eigenvalue weighted by Gasteiger charge is 2.06. The summed E-state index contributed by atoms with van der Waals surface area (Å²) in [6, 6.07) is 12.1. The maximum atomic E-state index is 4.45. The molecule has 6 heteroatoms. The Balaban J connectivity index is 1.62. The van der Waals surface area contributed by atoms with Crippen LogP contribution in [0.4, 0.5) is 0 Å². The zero-order chi connectivity index (χ0) is 16.5. The van der Waals surface area contributed by atoms with E-state index in [1.165, 1.54) is 0 Å². The third-order valence-corrected chi connectivity index (χ3v) is 3.71. The van der Waals surface area contributed by atoms with Crippen molar-refractivity contribution in [2.24, 2.45) is 0 Å². The average Bonchev–Trinajstić information content (AvgIpc) is 3.20. The normalized spacial score (nSPS) is 11.6. The molecule has 0 atom stereocenters. The molecule has 0 radical (unpaired) electrons. The number of nitrogens with zero attached hydrogens (tertiary/aromatic N) is 5. The summed E-state index contributed by atoms with van der Waals surface area (Å²) in [5.74, 6) is 1.97. The van der Waals surface area contributed by atoms with Gasteiger partial charge in [-0.25, -0.2) is 14.5 Å². The second-order valence-electron chi connectivity index (χ2n) is 5.60. The molecule has 1 N–H and O–H groups in total. The maximum Gasteiger partial charge on any atom is 0.253 e. The van der Waals surface area contributed by atoms with Gasteiger partial charge in [0.05, 0.1) is 11.9 Å². The summed E-state index contributed by atoms with van der Waals surface area (Å²) in [6.07, 6.45) is 5.52. The fourth-order valence-electron chi connectivity index (χ4n) is 2.59. The molecular weight excluding hydrogens is 300 g/mol. The van der Waals surface area contributed by atoms with Crippen molar-refractivity contribution in [3.8, 4) is 11.3 Å². The second kappa shape index (κ2) is 5.73. The van der Waals surface area contributed by atoms with Crippen LogP contribution in [0.1, 0.15) is 23.0 Å². The van der Waals surface area contributed by atoms with Crippen molar-refractivity contribution in [2.45, 2.75) is 13.8 Å². The predicted molar refractivity (Wildman–Crippen MR) is 93.2 cm³/mol. The first kappa shape index (κ1) is 14.3. The molecule has 0 spiro atoms. The number of rotatable bonds is 3. The third-order valence-electron chi connectivity index (χ3n) is 3.71. The maximum absolute atomic E-state index is 4.45. The van der Waals surface area contributed by atoms with Crippen molar-refractivity contribution >= 4 is 17.9 Å². The molecule has 3 aromatic heterocycles. The molecule has 0 aliphatic carbocycles. The van der Waals surface area contributed by atoms with Crippen molar-refractivity contribution in [2.75, 3.05) is 0 Å². The number of hydrogen-bond donors (Lipinski definition) is 1. The van der Waals surface area contributed by atoms with E-state index in [1.54, 1.807) is 4.52 Å². The van der Waals surface area contributed by atoms with Gasteiger partial charge in [-0.05, 0) is 37.6 Å². The van der Waals surface area contributed by atoms with Crippen LogP contribution < -0.4 is 0 Å². The summed E-state index contributed by atoms with van der Waals surface area (Å²) >= 11 is 0. The lowest BCUT2D eigenvalue weighted by molar-refractivity contribution is 0.881. The Labute approximate surface area is 138 Å². The molecule has 0 fully saturated rings. The van der Waals surface area contributed by atoms with Gasteiger partial charge >= 0.3 is 0 Å². The van der Waals surface area contributed by atoms with E-state index in [-0.39, 0.29) is 0 Å². The second-order valence-corrected chi connectivity index (χ2v) is 5.60. The highest BCUT2D eigenvalue weighted by atomic mass is 15.3. The number of aromatic amines is 1. The first-order valence-electron chi connectivity index (χ1n) is 7.68. The van der Waals surface area contributed by atoms with E-state index >= 15 is 0 Å². The highest BCUT2D eigenvalue weighted by molar-refractivity contribution is 5.66.